The normalized spacial score (nSPS) is 11.0. The van der Waals surface area contributed by atoms with Gasteiger partial charge in [-0.25, -0.2) is 0 Å². The van der Waals surface area contributed by atoms with Gasteiger partial charge >= 0.3 is 0 Å². The van der Waals surface area contributed by atoms with Crippen molar-refractivity contribution < 1.29 is 9.47 Å². The molecular formula is C13H30IN3O2. The van der Waals surface area contributed by atoms with Crippen LogP contribution in [-0.2, 0) is 9.47 Å². The second-order valence-electron chi connectivity index (χ2n) is 4.09. The smallest absolute Gasteiger partial charge is 0.190 e. The average Bonchev–Trinajstić information content (AvgIpc) is 2.40. The molecule has 19 heavy (non-hydrogen) atoms. The summed E-state index contributed by atoms with van der Waals surface area (Å²) in [5.41, 5.74) is 0. The van der Waals surface area contributed by atoms with Gasteiger partial charge in [-0.3, -0.25) is 4.99 Å². The molecule has 0 aliphatic carbocycles. The molecule has 0 aromatic rings. The van der Waals surface area contributed by atoms with E-state index in [4.69, 9.17) is 9.47 Å². The van der Waals surface area contributed by atoms with Crippen LogP contribution in [-0.4, -0.2) is 53.0 Å². The molecule has 0 atom stereocenters. The maximum absolute atomic E-state index is 5.39. The quantitative estimate of drug-likeness (QED) is 0.247. The molecule has 116 valence electrons. The van der Waals surface area contributed by atoms with Crippen LogP contribution in [0.2, 0.25) is 0 Å². The van der Waals surface area contributed by atoms with Gasteiger partial charge < -0.3 is 20.1 Å². The zero-order valence-corrected chi connectivity index (χ0v) is 14.9. The lowest BCUT2D eigenvalue weighted by Gasteiger charge is -2.11. The number of halogens is 1. The highest BCUT2D eigenvalue weighted by Gasteiger charge is 1.95. The van der Waals surface area contributed by atoms with Gasteiger partial charge in [-0.15, -0.1) is 24.0 Å². The number of methoxy groups -OCH3 is 1. The first-order valence-corrected chi connectivity index (χ1v) is 6.86. The van der Waals surface area contributed by atoms with Gasteiger partial charge in [0.05, 0.1) is 13.2 Å². The van der Waals surface area contributed by atoms with Gasteiger partial charge in [0, 0.05) is 33.9 Å². The van der Waals surface area contributed by atoms with E-state index in [0.717, 1.165) is 38.5 Å². The van der Waals surface area contributed by atoms with Crippen LogP contribution < -0.4 is 10.6 Å². The topological polar surface area (TPSA) is 54.9 Å². The van der Waals surface area contributed by atoms with E-state index in [2.05, 4.69) is 22.5 Å². The summed E-state index contributed by atoms with van der Waals surface area (Å²) in [7, 11) is 3.49. The Morgan fingerprint density at radius 1 is 1.00 bits per heavy atom. The largest absolute Gasteiger partial charge is 0.382 e. The molecule has 0 heterocycles. The van der Waals surface area contributed by atoms with Crippen LogP contribution in [0.3, 0.4) is 0 Å². The lowest BCUT2D eigenvalue weighted by Crippen LogP contribution is -2.38. The molecule has 0 aliphatic rings. The van der Waals surface area contributed by atoms with Gasteiger partial charge in [0.15, 0.2) is 5.96 Å². The van der Waals surface area contributed by atoms with Crippen molar-refractivity contribution in [1.29, 1.82) is 0 Å². The van der Waals surface area contributed by atoms with Crippen LogP contribution >= 0.6 is 24.0 Å². The molecule has 0 unspecified atom stereocenters. The number of nitrogens with zero attached hydrogens (tertiary/aromatic N) is 1. The maximum atomic E-state index is 5.39. The Morgan fingerprint density at radius 2 is 1.68 bits per heavy atom. The van der Waals surface area contributed by atoms with Crippen molar-refractivity contribution in [3.8, 4) is 0 Å². The summed E-state index contributed by atoms with van der Waals surface area (Å²) in [4.78, 5) is 4.16. The fourth-order valence-corrected chi connectivity index (χ4v) is 1.38. The first kappa shape index (κ1) is 21.2. The molecule has 0 saturated heterocycles. The number of ether oxygens (including phenoxy) is 2. The lowest BCUT2D eigenvalue weighted by atomic mass is 10.3. The van der Waals surface area contributed by atoms with Crippen molar-refractivity contribution in [1.82, 2.24) is 10.6 Å². The minimum atomic E-state index is 0. The van der Waals surface area contributed by atoms with Crippen molar-refractivity contribution in [2.24, 2.45) is 4.99 Å². The second kappa shape index (κ2) is 17.9. The first-order valence-electron chi connectivity index (χ1n) is 6.86. The summed E-state index contributed by atoms with van der Waals surface area (Å²) in [5, 5.41) is 6.57. The Kier molecular flexibility index (Phi) is 20.0. The van der Waals surface area contributed by atoms with Gasteiger partial charge in [0.25, 0.3) is 0 Å². The molecule has 2 N–H and O–H groups in total. The van der Waals surface area contributed by atoms with E-state index < -0.39 is 0 Å². The van der Waals surface area contributed by atoms with Crippen LogP contribution in [0.4, 0.5) is 0 Å². The Labute approximate surface area is 134 Å². The summed E-state index contributed by atoms with van der Waals surface area (Å²) >= 11 is 0. The highest BCUT2D eigenvalue weighted by Crippen LogP contribution is 1.89. The maximum Gasteiger partial charge on any atom is 0.190 e. The fraction of sp³-hybridized carbons (Fsp3) is 0.923. The summed E-state index contributed by atoms with van der Waals surface area (Å²) in [6, 6.07) is 0. The number of unbranched alkanes of at least 4 members (excludes halogenated alkanes) is 2. The first-order chi connectivity index (χ1) is 8.85. The van der Waals surface area contributed by atoms with E-state index in [9.17, 15) is 0 Å². The van der Waals surface area contributed by atoms with E-state index in [-0.39, 0.29) is 24.0 Å². The molecule has 6 heteroatoms. The van der Waals surface area contributed by atoms with E-state index in [1.807, 2.05) is 0 Å². The fourth-order valence-electron chi connectivity index (χ4n) is 1.38. The van der Waals surface area contributed by atoms with Gasteiger partial charge in [-0.05, 0) is 19.3 Å². The predicted octanol–water partition coefficient (Wildman–Crippen LogP) is 2.01. The van der Waals surface area contributed by atoms with Crippen molar-refractivity contribution in [3.63, 3.8) is 0 Å². The second-order valence-corrected chi connectivity index (χ2v) is 4.09. The minimum Gasteiger partial charge on any atom is -0.382 e. The summed E-state index contributed by atoms with van der Waals surface area (Å²) in [5.74, 6) is 0.892. The number of rotatable bonds is 11. The molecule has 0 saturated carbocycles. The zero-order valence-electron chi connectivity index (χ0n) is 12.5. The van der Waals surface area contributed by atoms with Crippen LogP contribution in [0.5, 0.6) is 0 Å². The number of hydrogen-bond donors (Lipinski definition) is 2. The number of aliphatic imine (C=N–C) groups is 1. The molecular weight excluding hydrogens is 357 g/mol. The molecule has 0 bridgehead atoms. The van der Waals surface area contributed by atoms with Crippen molar-refractivity contribution in [3.05, 3.63) is 0 Å². The monoisotopic (exact) mass is 387 g/mol. The Hall–Kier alpha value is -0.0800. The molecule has 0 aromatic heterocycles. The summed E-state index contributed by atoms with van der Waals surface area (Å²) < 4.78 is 10.3. The van der Waals surface area contributed by atoms with E-state index in [0.29, 0.717) is 13.2 Å². The third-order valence-corrected chi connectivity index (χ3v) is 2.49. The van der Waals surface area contributed by atoms with Crippen LogP contribution in [0, 0.1) is 0 Å². The standard InChI is InChI=1S/C13H29N3O2.HI/c1-4-5-8-15-13(14-2)16-9-6-7-10-18-12-11-17-3;/h4-12H2,1-3H3,(H2,14,15,16);1H. The van der Waals surface area contributed by atoms with Crippen molar-refractivity contribution >= 4 is 29.9 Å². The number of guanidine groups is 1. The third-order valence-electron chi connectivity index (χ3n) is 2.49. The number of nitrogens with one attached hydrogen (secondary N) is 2. The Balaban J connectivity index is 0. The molecule has 0 spiro atoms. The molecule has 0 amide bonds. The van der Waals surface area contributed by atoms with Gasteiger partial charge in [0.2, 0.25) is 0 Å². The van der Waals surface area contributed by atoms with E-state index in [1.54, 1.807) is 14.2 Å². The van der Waals surface area contributed by atoms with E-state index >= 15 is 0 Å². The van der Waals surface area contributed by atoms with Crippen molar-refractivity contribution in [2.45, 2.75) is 32.6 Å². The van der Waals surface area contributed by atoms with Crippen LogP contribution in [0.15, 0.2) is 4.99 Å². The molecule has 0 radical (unpaired) electrons. The number of hydrogen-bond acceptors (Lipinski definition) is 3. The van der Waals surface area contributed by atoms with Gasteiger partial charge in [-0.2, -0.15) is 0 Å². The summed E-state index contributed by atoms with van der Waals surface area (Å²) in [6.45, 7) is 6.25. The molecule has 5 nitrogen and oxygen atoms in total. The van der Waals surface area contributed by atoms with Crippen LogP contribution in [0.1, 0.15) is 32.6 Å². The molecule has 0 fully saturated rings. The van der Waals surface area contributed by atoms with E-state index in [1.165, 1.54) is 12.8 Å². The molecule has 0 aromatic carbocycles. The average molecular weight is 387 g/mol. The zero-order chi connectivity index (χ0) is 13.5. The van der Waals surface area contributed by atoms with Gasteiger partial charge in [0.1, 0.15) is 0 Å². The highest BCUT2D eigenvalue weighted by atomic mass is 127. The molecule has 0 rings (SSSR count). The summed E-state index contributed by atoms with van der Waals surface area (Å²) in [6.07, 6.45) is 4.51. The van der Waals surface area contributed by atoms with Crippen molar-refractivity contribution in [2.75, 3.05) is 47.1 Å². The lowest BCUT2D eigenvalue weighted by molar-refractivity contribution is 0.0689. The Morgan fingerprint density at radius 3 is 2.26 bits per heavy atom. The third kappa shape index (κ3) is 15.9. The van der Waals surface area contributed by atoms with Gasteiger partial charge in [-0.1, -0.05) is 13.3 Å². The predicted molar refractivity (Wildman–Crippen MR) is 91.6 cm³/mol. The van der Waals surface area contributed by atoms with Crippen LogP contribution in [0.25, 0.3) is 0 Å². The SMILES string of the molecule is CCCCNC(=NC)NCCCCOCCOC.I. The molecule has 0 aliphatic heterocycles. The highest BCUT2D eigenvalue weighted by molar-refractivity contribution is 14.0. The Bertz CT molecular complexity index is 204. The minimum absolute atomic E-state index is 0.